The second-order valence-corrected chi connectivity index (χ2v) is 11.5. The second kappa shape index (κ2) is 11.5. The monoisotopic (exact) mass is 586 g/mol. The molecule has 0 unspecified atom stereocenters. The number of carbonyl (C=O) groups is 1. The van der Waals surface area contributed by atoms with Gasteiger partial charge in [0.1, 0.15) is 10.6 Å². The van der Waals surface area contributed by atoms with Crippen molar-refractivity contribution in [2.24, 2.45) is 5.10 Å². The van der Waals surface area contributed by atoms with Crippen LogP contribution in [0.2, 0.25) is 10.0 Å². The van der Waals surface area contributed by atoms with E-state index in [2.05, 4.69) is 10.5 Å². The number of amides is 1. The molecule has 7 nitrogen and oxygen atoms in total. The first-order valence-electron chi connectivity index (χ1n) is 12.1. The number of hydrazone groups is 1. The molecule has 38 heavy (non-hydrogen) atoms. The number of thioether (sulfide) groups is 1. The van der Waals surface area contributed by atoms with Gasteiger partial charge in [-0.15, -0.1) is 11.3 Å². The van der Waals surface area contributed by atoms with E-state index in [1.165, 1.54) is 16.6 Å². The van der Waals surface area contributed by atoms with E-state index in [9.17, 15) is 9.59 Å². The molecule has 1 N–H and O–H groups in total. The molecule has 2 aromatic carbocycles. The van der Waals surface area contributed by atoms with E-state index < -0.39 is 0 Å². The Morgan fingerprint density at radius 1 is 1.18 bits per heavy atom. The zero-order chi connectivity index (χ0) is 26.8. The van der Waals surface area contributed by atoms with Gasteiger partial charge in [0.25, 0.3) is 11.5 Å². The van der Waals surface area contributed by atoms with Crippen LogP contribution in [0.15, 0.2) is 57.5 Å². The fourth-order valence-electron chi connectivity index (χ4n) is 4.30. The molecule has 0 atom stereocenters. The van der Waals surface area contributed by atoms with Gasteiger partial charge < -0.3 is 4.74 Å². The van der Waals surface area contributed by atoms with Gasteiger partial charge in [0.15, 0.2) is 5.16 Å². The molecule has 0 bridgehead atoms. The predicted octanol–water partition coefficient (Wildman–Crippen LogP) is 6.27. The average Bonchev–Trinajstić information content (AvgIpc) is 3.50. The lowest BCUT2D eigenvalue weighted by Gasteiger charge is -2.13. The maximum atomic E-state index is 13.8. The third-order valence-electron chi connectivity index (χ3n) is 6.13. The molecule has 0 radical (unpaired) electrons. The Kier molecular flexibility index (Phi) is 8.09. The van der Waals surface area contributed by atoms with E-state index in [0.717, 1.165) is 41.0 Å². The van der Waals surface area contributed by atoms with Crippen molar-refractivity contribution in [3.8, 4) is 11.4 Å². The van der Waals surface area contributed by atoms with Crippen molar-refractivity contribution in [2.45, 2.75) is 38.3 Å². The second-order valence-electron chi connectivity index (χ2n) is 8.65. The van der Waals surface area contributed by atoms with Gasteiger partial charge in [-0.25, -0.2) is 10.4 Å². The third-order valence-corrected chi connectivity index (χ3v) is 9.00. The molecule has 5 rings (SSSR count). The van der Waals surface area contributed by atoms with Crippen LogP contribution in [0.5, 0.6) is 5.75 Å². The first-order chi connectivity index (χ1) is 18.4. The van der Waals surface area contributed by atoms with Gasteiger partial charge in [-0.3, -0.25) is 14.2 Å². The molecule has 2 aromatic heterocycles. The van der Waals surface area contributed by atoms with Gasteiger partial charge >= 0.3 is 0 Å². The molecule has 1 aliphatic carbocycles. The number of benzene rings is 2. The lowest BCUT2D eigenvalue weighted by molar-refractivity contribution is -0.118. The summed E-state index contributed by atoms with van der Waals surface area (Å²) in [5.41, 5.74) is 5.57. The molecule has 0 spiro atoms. The van der Waals surface area contributed by atoms with Crippen LogP contribution in [0, 0.1) is 0 Å². The molecule has 196 valence electrons. The molecule has 1 amide bonds. The number of carbonyl (C=O) groups excluding carboxylic acids is 1. The van der Waals surface area contributed by atoms with Crippen LogP contribution in [0.25, 0.3) is 15.9 Å². The maximum absolute atomic E-state index is 13.8. The van der Waals surface area contributed by atoms with Crippen molar-refractivity contribution in [1.82, 2.24) is 15.0 Å². The first kappa shape index (κ1) is 26.7. The average molecular weight is 588 g/mol. The summed E-state index contributed by atoms with van der Waals surface area (Å²) in [7, 11) is 0. The summed E-state index contributed by atoms with van der Waals surface area (Å²) in [5.74, 6) is 0.423. The van der Waals surface area contributed by atoms with Gasteiger partial charge in [-0.1, -0.05) is 41.0 Å². The van der Waals surface area contributed by atoms with E-state index in [1.54, 1.807) is 41.0 Å². The Hall–Kier alpha value is -2.85. The lowest BCUT2D eigenvalue weighted by atomic mass is 10.1. The number of nitrogens with zero attached hydrogens (tertiary/aromatic N) is 3. The van der Waals surface area contributed by atoms with Crippen LogP contribution in [-0.4, -0.2) is 33.5 Å². The standard InChI is InChI=1S/C27H24Cl2N4O3S2/c1-3-36-18-10-8-17(9-11-18)33-26(35)24-19-5-4-6-22(19)38-25(24)30-27(33)37-14-23(34)32-31-15(2)16-7-12-20(28)21(29)13-16/h7-13H,3-6,14H2,1-2H3,(H,32,34). The van der Waals surface area contributed by atoms with Gasteiger partial charge in [0, 0.05) is 4.88 Å². The molecule has 0 aliphatic heterocycles. The van der Waals surface area contributed by atoms with E-state index in [0.29, 0.717) is 38.6 Å². The van der Waals surface area contributed by atoms with Crippen molar-refractivity contribution in [1.29, 1.82) is 0 Å². The first-order valence-corrected chi connectivity index (χ1v) is 14.6. The summed E-state index contributed by atoms with van der Waals surface area (Å²) in [6, 6.07) is 12.5. The van der Waals surface area contributed by atoms with Gasteiger partial charge in [-0.2, -0.15) is 5.10 Å². The number of fused-ring (bicyclic) bond motifs is 3. The van der Waals surface area contributed by atoms with Crippen LogP contribution in [-0.2, 0) is 17.6 Å². The molecular weight excluding hydrogens is 563 g/mol. The molecule has 1 aliphatic rings. The smallest absolute Gasteiger partial charge is 0.267 e. The summed E-state index contributed by atoms with van der Waals surface area (Å²) in [6.45, 7) is 4.24. The van der Waals surface area contributed by atoms with Crippen LogP contribution in [0.3, 0.4) is 0 Å². The topological polar surface area (TPSA) is 85.6 Å². The highest BCUT2D eigenvalue weighted by Crippen LogP contribution is 2.36. The number of nitrogens with one attached hydrogen (secondary N) is 1. The van der Waals surface area contributed by atoms with E-state index in [4.69, 9.17) is 32.9 Å². The SMILES string of the molecule is CCOc1ccc(-n2c(SCC(=O)NN=C(C)c3ccc(Cl)c(Cl)c3)nc3sc4c(c3c2=O)CCC4)cc1. The zero-order valence-corrected chi connectivity index (χ0v) is 23.9. The van der Waals surface area contributed by atoms with Crippen molar-refractivity contribution >= 4 is 68.1 Å². The highest BCUT2D eigenvalue weighted by Gasteiger charge is 2.24. The fourth-order valence-corrected chi connectivity index (χ4v) is 6.71. The minimum atomic E-state index is -0.323. The van der Waals surface area contributed by atoms with Crippen molar-refractivity contribution < 1.29 is 9.53 Å². The summed E-state index contributed by atoms with van der Waals surface area (Å²) in [6.07, 6.45) is 2.92. The summed E-state index contributed by atoms with van der Waals surface area (Å²) in [4.78, 5) is 33.3. The van der Waals surface area contributed by atoms with Gasteiger partial charge in [-0.05, 0) is 80.6 Å². The van der Waals surface area contributed by atoms with Crippen molar-refractivity contribution in [3.63, 3.8) is 0 Å². The number of rotatable bonds is 8. The van der Waals surface area contributed by atoms with Crippen LogP contribution >= 0.6 is 46.3 Å². The maximum Gasteiger partial charge on any atom is 0.267 e. The van der Waals surface area contributed by atoms with Crippen molar-refractivity contribution in [2.75, 3.05) is 12.4 Å². The number of hydrogen-bond acceptors (Lipinski definition) is 7. The van der Waals surface area contributed by atoms with E-state index in [-0.39, 0.29) is 17.2 Å². The summed E-state index contributed by atoms with van der Waals surface area (Å²) in [5, 5.41) is 6.18. The molecule has 0 fully saturated rings. The summed E-state index contributed by atoms with van der Waals surface area (Å²) >= 11 is 14.8. The Balaban J connectivity index is 1.41. The van der Waals surface area contributed by atoms with E-state index >= 15 is 0 Å². The third kappa shape index (κ3) is 5.47. The lowest BCUT2D eigenvalue weighted by Crippen LogP contribution is -2.24. The Bertz CT molecular complexity index is 1610. The highest BCUT2D eigenvalue weighted by atomic mass is 35.5. The number of hydrogen-bond donors (Lipinski definition) is 1. The minimum absolute atomic E-state index is 0.0260. The van der Waals surface area contributed by atoms with Gasteiger partial charge in [0.05, 0.1) is 39.2 Å². The molecule has 0 saturated carbocycles. The summed E-state index contributed by atoms with van der Waals surface area (Å²) < 4.78 is 7.15. The quantitative estimate of drug-likeness (QED) is 0.114. The Morgan fingerprint density at radius 3 is 2.71 bits per heavy atom. The molecule has 2 heterocycles. The molecule has 4 aromatic rings. The normalized spacial score (nSPS) is 13.1. The Labute approximate surface area is 237 Å². The van der Waals surface area contributed by atoms with E-state index in [1.807, 2.05) is 31.2 Å². The molecular formula is C27H24Cl2N4O3S2. The predicted molar refractivity (Wildman–Crippen MR) is 156 cm³/mol. The van der Waals surface area contributed by atoms with Crippen molar-refractivity contribution in [3.05, 3.63) is 78.9 Å². The molecule has 0 saturated heterocycles. The highest BCUT2D eigenvalue weighted by molar-refractivity contribution is 7.99. The van der Waals surface area contributed by atoms with Crippen LogP contribution < -0.4 is 15.7 Å². The largest absolute Gasteiger partial charge is 0.494 e. The van der Waals surface area contributed by atoms with Gasteiger partial charge in [0.2, 0.25) is 0 Å². The number of aromatic nitrogens is 2. The fraction of sp³-hybridized carbons (Fsp3) is 0.259. The zero-order valence-electron chi connectivity index (χ0n) is 20.7. The molecule has 11 heteroatoms. The Morgan fingerprint density at radius 2 is 1.97 bits per heavy atom. The van der Waals surface area contributed by atoms with Crippen LogP contribution in [0.4, 0.5) is 0 Å². The number of thiophene rings is 1. The number of ether oxygens (including phenoxy) is 1. The number of halogens is 2. The minimum Gasteiger partial charge on any atom is -0.494 e. The number of aryl methyl sites for hydroxylation is 2. The van der Waals surface area contributed by atoms with Crippen LogP contribution in [0.1, 0.15) is 36.3 Å².